The van der Waals surface area contributed by atoms with Gasteiger partial charge in [0.2, 0.25) is 0 Å². The predicted molar refractivity (Wildman–Crippen MR) is 123 cm³/mol. The van der Waals surface area contributed by atoms with Crippen LogP contribution >= 0.6 is 15.6 Å². The Labute approximate surface area is 218 Å². The van der Waals surface area contributed by atoms with Crippen molar-refractivity contribution in [3.05, 3.63) is 0 Å². The molecular weight excluding hydrogens is 536 g/mol. The molecule has 0 aromatic rings. The molecule has 0 aliphatic carbocycles. The highest BCUT2D eigenvalue weighted by Crippen LogP contribution is 2.47. The third kappa shape index (κ3) is 9.61. The number of phosphoric ester groups is 2. The molecule has 5 unspecified atom stereocenters. The molecule has 0 aromatic heterocycles. The van der Waals surface area contributed by atoms with E-state index in [1.54, 1.807) is 0 Å². The molecule has 11 atom stereocenters. The van der Waals surface area contributed by atoms with Gasteiger partial charge in [-0.15, -0.1) is 0 Å². The summed E-state index contributed by atoms with van der Waals surface area (Å²) in [6.45, 7) is -1.17. The Morgan fingerprint density at radius 2 is 1.30 bits per heavy atom. The van der Waals surface area contributed by atoms with E-state index in [-0.39, 0.29) is 39.1 Å². The first-order valence-corrected chi connectivity index (χ1v) is 14.8. The van der Waals surface area contributed by atoms with Gasteiger partial charge in [0, 0.05) is 39.3 Å². The topological polar surface area (TPSA) is 184 Å². The van der Waals surface area contributed by atoms with Crippen molar-refractivity contribution in [2.75, 3.05) is 40.6 Å². The number of methoxy groups -OCH3 is 2. The van der Waals surface area contributed by atoms with E-state index < -0.39 is 77.0 Å². The molecule has 3 aliphatic rings. The Hall–Kier alpha value is 0.110. The summed E-state index contributed by atoms with van der Waals surface area (Å²) in [5.41, 5.74) is 0. The fourth-order valence-corrected chi connectivity index (χ4v) is 6.31. The van der Waals surface area contributed by atoms with Crippen molar-refractivity contribution in [3.63, 3.8) is 0 Å². The van der Waals surface area contributed by atoms with E-state index >= 15 is 0 Å². The first-order valence-electron chi connectivity index (χ1n) is 11.8. The number of hydrogen-bond donors (Lipinski definition) is 1. The van der Waals surface area contributed by atoms with Crippen molar-refractivity contribution in [1.82, 2.24) is 0 Å². The van der Waals surface area contributed by atoms with E-state index in [1.807, 2.05) is 0 Å². The van der Waals surface area contributed by atoms with Crippen LogP contribution < -0.4 is 9.79 Å². The van der Waals surface area contributed by atoms with E-state index in [0.717, 1.165) is 0 Å². The molecule has 0 spiro atoms. The minimum absolute atomic E-state index is 0.0426. The molecule has 0 aromatic carbocycles. The summed E-state index contributed by atoms with van der Waals surface area (Å²) >= 11 is 0. The van der Waals surface area contributed by atoms with Crippen LogP contribution in [0.25, 0.3) is 0 Å². The summed E-state index contributed by atoms with van der Waals surface area (Å²) in [5.74, 6) is 0. The summed E-state index contributed by atoms with van der Waals surface area (Å²) in [6, 6.07) is -1.34. The lowest BCUT2D eigenvalue weighted by molar-refractivity contribution is -0.237. The van der Waals surface area contributed by atoms with Crippen molar-refractivity contribution >= 4 is 31.3 Å². The van der Waals surface area contributed by atoms with Gasteiger partial charge in [0.15, 0.2) is 0 Å². The minimum atomic E-state index is -4.89. The van der Waals surface area contributed by atoms with Gasteiger partial charge in [-0.3, -0.25) is 9.13 Å². The Balaban J connectivity index is 1.56. The van der Waals surface area contributed by atoms with E-state index in [2.05, 4.69) is 0 Å². The van der Waals surface area contributed by atoms with Gasteiger partial charge in [-0.2, -0.15) is 0 Å². The van der Waals surface area contributed by atoms with Crippen LogP contribution in [0.4, 0.5) is 0 Å². The second kappa shape index (κ2) is 14.1. The third-order valence-corrected chi connectivity index (χ3v) is 8.13. The average molecular weight is 568 g/mol. The highest BCUT2D eigenvalue weighted by molar-refractivity contribution is 7.46. The normalized spacial score (nSPS) is 39.5. The van der Waals surface area contributed by atoms with Gasteiger partial charge in [0.1, 0.15) is 34.0 Å². The maximum absolute atomic E-state index is 12.5. The van der Waals surface area contributed by atoms with Gasteiger partial charge in [-0.1, -0.05) is 0 Å². The molecular formula is C19H32B2O14P2-2. The number of aliphatic hydroxyl groups is 1. The van der Waals surface area contributed by atoms with Gasteiger partial charge < -0.3 is 56.7 Å². The van der Waals surface area contributed by atoms with Crippen LogP contribution in [0, 0.1) is 0 Å². The lowest BCUT2D eigenvalue weighted by Crippen LogP contribution is -2.33. The van der Waals surface area contributed by atoms with Gasteiger partial charge in [-0.05, 0) is 19.3 Å². The van der Waals surface area contributed by atoms with Gasteiger partial charge in [0.05, 0.1) is 44.2 Å². The Kier molecular flexibility index (Phi) is 12.1. The summed E-state index contributed by atoms with van der Waals surface area (Å²) in [7, 11) is 4.50. The van der Waals surface area contributed by atoms with Crippen molar-refractivity contribution < 1.29 is 65.8 Å². The maximum Gasteiger partial charge on any atom is 0.268 e. The van der Waals surface area contributed by atoms with Gasteiger partial charge >= 0.3 is 0 Å². The molecule has 210 valence electrons. The molecule has 3 fully saturated rings. The van der Waals surface area contributed by atoms with Crippen LogP contribution in [-0.2, 0) is 50.9 Å². The minimum Gasteiger partial charge on any atom is -0.756 e. The summed E-state index contributed by atoms with van der Waals surface area (Å²) in [4.78, 5) is 25.0. The number of hydrogen-bond acceptors (Lipinski definition) is 14. The molecule has 4 radical (unpaired) electrons. The molecule has 14 nitrogen and oxygen atoms in total. The summed E-state index contributed by atoms with van der Waals surface area (Å²) < 4.78 is 71.9. The molecule has 1 N–H and O–H groups in total. The first-order chi connectivity index (χ1) is 17.4. The molecule has 0 saturated carbocycles. The second-order valence-corrected chi connectivity index (χ2v) is 11.7. The van der Waals surface area contributed by atoms with Crippen LogP contribution in [0.5, 0.6) is 0 Å². The summed E-state index contributed by atoms with van der Waals surface area (Å²) in [6.07, 6.45) is -4.97. The van der Waals surface area contributed by atoms with E-state index in [9.17, 15) is 24.0 Å². The van der Waals surface area contributed by atoms with Crippen LogP contribution in [0.15, 0.2) is 0 Å². The Morgan fingerprint density at radius 1 is 0.811 bits per heavy atom. The zero-order valence-electron chi connectivity index (χ0n) is 20.7. The first kappa shape index (κ1) is 31.6. The monoisotopic (exact) mass is 568 g/mol. The molecule has 0 bridgehead atoms. The molecule has 3 heterocycles. The Morgan fingerprint density at radius 3 is 1.81 bits per heavy atom. The zero-order valence-corrected chi connectivity index (χ0v) is 22.4. The van der Waals surface area contributed by atoms with Crippen molar-refractivity contribution in [3.8, 4) is 0 Å². The van der Waals surface area contributed by atoms with E-state index in [4.69, 9.17) is 57.5 Å². The van der Waals surface area contributed by atoms with Crippen molar-refractivity contribution in [2.45, 2.75) is 80.4 Å². The van der Waals surface area contributed by atoms with Gasteiger partial charge in [0.25, 0.3) is 15.6 Å². The van der Waals surface area contributed by atoms with Crippen molar-refractivity contribution in [2.24, 2.45) is 0 Å². The number of phosphoric acid groups is 2. The maximum atomic E-state index is 12.5. The molecule has 18 heteroatoms. The van der Waals surface area contributed by atoms with E-state index in [1.165, 1.54) is 14.2 Å². The molecule has 3 rings (SSSR count). The Bertz CT molecular complexity index is 811. The highest BCUT2D eigenvalue weighted by atomic mass is 31.2. The highest BCUT2D eigenvalue weighted by Gasteiger charge is 2.41. The number of ether oxygens (including phenoxy) is 5. The smallest absolute Gasteiger partial charge is 0.268 e. The molecule has 0 amide bonds. The van der Waals surface area contributed by atoms with Crippen LogP contribution in [0.3, 0.4) is 0 Å². The average Bonchev–Trinajstić information content (AvgIpc) is 3.47. The van der Waals surface area contributed by atoms with Crippen molar-refractivity contribution in [1.29, 1.82) is 0 Å². The van der Waals surface area contributed by atoms with Crippen LogP contribution in [0.2, 0.25) is 0 Å². The number of aliphatic hydroxyl groups excluding tert-OH is 1. The second-order valence-electron chi connectivity index (χ2n) is 8.95. The quantitative estimate of drug-likeness (QED) is 0.178. The van der Waals surface area contributed by atoms with E-state index in [0.29, 0.717) is 6.42 Å². The molecule has 3 aliphatic heterocycles. The zero-order chi connectivity index (χ0) is 27.2. The SMILES string of the molecule is [B][C@H]1CC(OC)[C@@H](COP(=O)([O-])OC2C[C@@H](CCO)O[C@@H]2COP(=O)([O-])OC2C[C@H]([B])O[C@@H]2COC)O1. The lowest BCUT2D eigenvalue weighted by atomic mass is 9.96. The summed E-state index contributed by atoms with van der Waals surface area (Å²) in [5, 5.41) is 9.24. The molecule has 37 heavy (non-hydrogen) atoms. The number of rotatable bonds is 15. The third-order valence-electron chi connectivity index (χ3n) is 6.14. The molecule has 3 saturated heterocycles. The lowest BCUT2D eigenvalue weighted by Gasteiger charge is -2.32. The fraction of sp³-hybridized carbons (Fsp3) is 1.00. The van der Waals surface area contributed by atoms with Crippen LogP contribution in [0.1, 0.15) is 25.7 Å². The largest absolute Gasteiger partial charge is 0.756 e. The standard InChI is InChI=1S/C19H34B2O14P2/c1-27-8-15-14(7-19(21)32-15)35-37(25,26)30-10-17-13(5-11(31-17)3-4-22)34-36(23,24)29-9-16-12(28-2)6-18(20)33-16/h11-19,22H,3-10H2,1-2H3,(H,23,24)(H,25,26)/p-2/t11-,12?,13?,14?,15-,16-,17-,18-,19-/m1/s1. The predicted octanol–water partition coefficient (Wildman–Crippen LogP) is -1.50. The van der Waals surface area contributed by atoms with Crippen LogP contribution in [-0.4, -0.2) is 116 Å². The fourth-order valence-electron chi connectivity index (χ4n) is 4.42. The van der Waals surface area contributed by atoms with Gasteiger partial charge in [-0.25, -0.2) is 0 Å².